The molecule has 0 fully saturated rings. The Morgan fingerprint density at radius 2 is 1.92 bits per heavy atom. The lowest BCUT2D eigenvalue weighted by atomic mass is 9.95. The van der Waals surface area contributed by atoms with E-state index in [1.807, 2.05) is 17.5 Å². The van der Waals surface area contributed by atoms with Gasteiger partial charge in [0.25, 0.3) is 0 Å². The van der Waals surface area contributed by atoms with Crippen LogP contribution in [0.25, 0.3) is 11.1 Å². The molecule has 26 heavy (non-hydrogen) atoms. The van der Waals surface area contributed by atoms with Crippen molar-refractivity contribution >= 4 is 11.3 Å². The molecule has 4 rings (SSSR count). The molecule has 3 nitrogen and oxygen atoms in total. The fourth-order valence-corrected chi connectivity index (χ4v) is 4.27. The fourth-order valence-electron chi connectivity index (χ4n) is 3.34. The predicted molar refractivity (Wildman–Crippen MR) is 108 cm³/mol. The predicted octanol–water partition coefficient (Wildman–Crippen LogP) is 5.06. The minimum absolute atomic E-state index is 0.0109. The van der Waals surface area contributed by atoms with E-state index in [0.29, 0.717) is 0 Å². The molecule has 0 bridgehead atoms. The van der Waals surface area contributed by atoms with E-state index in [9.17, 15) is 0 Å². The Morgan fingerprint density at radius 1 is 1.12 bits per heavy atom. The number of hydrogen-bond donors (Lipinski definition) is 0. The van der Waals surface area contributed by atoms with Gasteiger partial charge in [-0.2, -0.15) is 0 Å². The molecule has 1 aliphatic rings. The van der Waals surface area contributed by atoms with Gasteiger partial charge in [-0.3, -0.25) is 4.90 Å². The van der Waals surface area contributed by atoms with Gasteiger partial charge in [-0.25, -0.2) is 9.97 Å². The van der Waals surface area contributed by atoms with Crippen molar-refractivity contribution in [1.82, 2.24) is 14.9 Å². The van der Waals surface area contributed by atoms with E-state index in [1.165, 1.54) is 27.3 Å². The van der Waals surface area contributed by atoms with Crippen LogP contribution < -0.4 is 0 Å². The first kappa shape index (κ1) is 17.4. The Balaban J connectivity index is 1.46. The average molecular weight is 364 g/mol. The Bertz CT molecular complexity index is 893. The molecule has 2 aromatic heterocycles. The lowest BCUT2D eigenvalue weighted by molar-refractivity contribution is 0.244. The highest BCUT2D eigenvalue weighted by atomic mass is 32.1. The minimum atomic E-state index is 0.0109. The monoisotopic (exact) mass is 363 g/mol. The summed E-state index contributed by atoms with van der Waals surface area (Å²) in [6, 6.07) is 12.9. The number of thiophene rings is 1. The van der Waals surface area contributed by atoms with E-state index in [4.69, 9.17) is 4.98 Å². The normalized spacial score (nSPS) is 15.0. The van der Waals surface area contributed by atoms with E-state index in [1.54, 1.807) is 0 Å². The standard InChI is InChI=1S/C22H25N3S/c1-22(2,3)21-23-12-18-13-25(10-9-20(18)24-21)14-19-11-17(15-26-19)16-7-5-4-6-8-16/h4-8,11-12,15H,9-10,13-14H2,1-3H3. The van der Waals surface area contributed by atoms with Crippen LogP contribution in [0.3, 0.4) is 0 Å². The zero-order valence-corrected chi connectivity index (χ0v) is 16.5. The zero-order valence-electron chi connectivity index (χ0n) is 15.7. The van der Waals surface area contributed by atoms with Crippen LogP contribution in [-0.2, 0) is 24.9 Å². The molecule has 1 aromatic carbocycles. The second kappa shape index (κ2) is 6.93. The summed E-state index contributed by atoms with van der Waals surface area (Å²) in [5, 5.41) is 2.27. The molecule has 134 valence electrons. The summed E-state index contributed by atoms with van der Waals surface area (Å²) in [5.74, 6) is 0.954. The van der Waals surface area contributed by atoms with Gasteiger partial charge in [0.15, 0.2) is 0 Å². The topological polar surface area (TPSA) is 29.0 Å². The molecule has 0 aliphatic carbocycles. The molecular weight excluding hydrogens is 338 g/mol. The second-order valence-electron chi connectivity index (χ2n) is 8.04. The summed E-state index contributed by atoms with van der Waals surface area (Å²) in [7, 11) is 0. The fraction of sp³-hybridized carbons (Fsp3) is 0.364. The van der Waals surface area contributed by atoms with E-state index in [0.717, 1.165) is 31.9 Å². The highest BCUT2D eigenvalue weighted by Crippen LogP contribution is 2.28. The van der Waals surface area contributed by atoms with Crippen molar-refractivity contribution in [2.24, 2.45) is 0 Å². The third-order valence-corrected chi connectivity index (χ3v) is 5.75. The molecule has 3 aromatic rings. The Hall–Kier alpha value is -2.04. The van der Waals surface area contributed by atoms with Crippen LogP contribution >= 0.6 is 11.3 Å². The van der Waals surface area contributed by atoms with E-state index in [2.05, 4.69) is 72.4 Å². The molecule has 0 saturated heterocycles. The van der Waals surface area contributed by atoms with Gasteiger partial charge in [-0.1, -0.05) is 51.1 Å². The molecule has 0 unspecified atom stereocenters. The van der Waals surface area contributed by atoms with Gasteiger partial charge in [-0.05, 0) is 22.6 Å². The molecule has 0 radical (unpaired) electrons. The number of benzene rings is 1. The second-order valence-corrected chi connectivity index (χ2v) is 9.04. The maximum Gasteiger partial charge on any atom is 0.133 e. The van der Waals surface area contributed by atoms with Crippen molar-refractivity contribution in [1.29, 1.82) is 0 Å². The quantitative estimate of drug-likeness (QED) is 0.651. The van der Waals surface area contributed by atoms with Crippen molar-refractivity contribution in [2.75, 3.05) is 6.54 Å². The third-order valence-electron chi connectivity index (χ3n) is 4.82. The minimum Gasteiger partial charge on any atom is -0.293 e. The first-order chi connectivity index (χ1) is 12.5. The number of rotatable bonds is 3. The van der Waals surface area contributed by atoms with Crippen LogP contribution in [0.1, 0.15) is 42.7 Å². The van der Waals surface area contributed by atoms with Gasteiger partial charge < -0.3 is 0 Å². The van der Waals surface area contributed by atoms with Crippen molar-refractivity contribution in [3.63, 3.8) is 0 Å². The summed E-state index contributed by atoms with van der Waals surface area (Å²) >= 11 is 1.85. The molecule has 3 heterocycles. The highest BCUT2D eigenvalue weighted by Gasteiger charge is 2.23. The van der Waals surface area contributed by atoms with Crippen molar-refractivity contribution in [3.8, 4) is 11.1 Å². The largest absolute Gasteiger partial charge is 0.293 e. The molecular formula is C22H25N3S. The average Bonchev–Trinajstić information content (AvgIpc) is 3.10. The first-order valence-electron chi connectivity index (χ1n) is 9.19. The summed E-state index contributed by atoms with van der Waals surface area (Å²) in [5.41, 5.74) is 5.14. The third kappa shape index (κ3) is 3.71. The molecule has 1 aliphatic heterocycles. The Labute approximate surface area is 159 Å². The van der Waals surface area contributed by atoms with E-state index >= 15 is 0 Å². The van der Waals surface area contributed by atoms with Gasteiger partial charge in [0, 0.05) is 53.8 Å². The van der Waals surface area contributed by atoms with E-state index in [-0.39, 0.29) is 5.41 Å². The van der Waals surface area contributed by atoms with Crippen LogP contribution in [0.15, 0.2) is 48.0 Å². The SMILES string of the molecule is CC(C)(C)c1ncc2c(n1)CCN(Cc1cc(-c3ccccc3)cs1)C2. The summed E-state index contributed by atoms with van der Waals surface area (Å²) in [4.78, 5) is 13.4. The van der Waals surface area contributed by atoms with Crippen LogP contribution in [0.5, 0.6) is 0 Å². The van der Waals surface area contributed by atoms with Crippen molar-refractivity contribution in [3.05, 3.63) is 69.9 Å². The molecule has 0 atom stereocenters. The summed E-state index contributed by atoms with van der Waals surface area (Å²) < 4.78 is 0. The van der Waals surface area contributed by atoms with Gasteiger partial charge in [0.1, 0.15) is 5.82 Å². The highest BCUT2D eigenvalue weighted by molar-refractivity contribution is 7.10. The number of hydrogen-bond acceptors (Lipinski definition) is 4. The van der Waals surface area contributed by atoms with Crippen LogP contribution in [0, 0.1) is 0 Å². The molecule has 0 N–H and O–H groups in total. The maximum atomic E-state index is 4.83. The molecule has 0 spiro atoms. The lowest BCUT2D eigenvalue weighted by Crippen LogP contribution is -2.31. The molecule has 0 saturated carbocycles. The van der Waals surface area contributed by atoms with Gasteiger partial charge >= 0.3 is 0 Å². The van der Waals surface area contributed by atoms with Crippen molar-refractivity contribution in [2.45, 2.75) is 45.7 Å². The Morgan fingerprint density at radius 3 is 2.69 bits per heavy atom. The number of aromatic nitrogens is 2. The van der Waals surface area contributed by atoms with Crippen LogP contribution in [0.2, 0.25) is 0 Å². The summed E-state index contributed by atoms with van der Waals surface area (Å²) in [6.07, 6.45) is 3.05. The Kier molecular flexibility index (Phi) is 4.63. The number of fused-ring (bicyclic) bond motifs is 1. The zero-order chi connectivity index (χ0) is 18.1. The molecule has 0 amide bonds. The van der Waals surface area contributed by atoms with Crippen molar-refractivity contribution < 1.29 is 0 Å². The summed E-state index contributed by atoms with van der Waals surface area (Å²) in [6.45, 7) is 9.52. The van der Waals surface area contributed by atoms with Gasteiger partial charge in [0.2, 0.25) is 0 Å². The molecule has 4 heteroatoms. The maximum absolute atomic E-state index is 4.83. The van der Waals surface area contributed by atoms with Gasteiger partial charge in [-0.15, -0.1) is 11.3 Å². The van der Waals surface area contributed by atoms with E-state index < -0.39 is 0 Å². The van der Waals surface area contributed by atoms with Crippen LogP contribution in [0.4, 0.5) is 0 Å². The smallest absolute Gasteiger partial charge is 0.133 e. The van der Waals surface area contributed by atoms with Crippen LogP contribution in [-0.4, -0.2) is 21.4 Å². The first-order valence-corrected chi connectivity index (χ1v) is 10.1. The lowest BCUT2D eigenvalue weighted by Gasteiger charge is -2.28. The van der Waals surface area contributed by atoms with Gasteiger partial charge in [0.05, 0.1) is 0 Å². The number of nitrogens with zero attached hydrogens (tertiary/aromatic N) is 3.